The third-order valence-corrected chi connectivity index (χ3v) is 6.91. The largest absolute Gasteiger partial charge is 0.493 e. The second-order valence-corrected chi connectivity index (χ2v) is 8.91. The minimum Gasteiger partial charge on any atom is -0.493 e. The first kappa shape index (κ1) is 25.0. The van der Waals surface area contributed by atoms with E-state index in [1.807, 2.05) is 42.5 Å². The molecule has 1 N–H and O–H groups in total. The predicted octanol–water partition coefficient (Wildman–Crippen LogP) is 2.81. The van der Waals surface area contributed by atoms with Crippen molar-refractivity contribution in [3.8, 4) is 11.5 Å². The van der Waals surface area contributed by atoms with Crippen LogP contribution in [0.25, 0.3) is 0 Å². The summed E-state index contributed by atoms with van der Waals surface area (Å²) in [4.78, 5) is 30.1. The lowest BCUT2D eigenvalue weighted by molar-refractivity contribution is -0.126. The fraction of sp³-hybridized carbons (Fsp3) is 0.481. The zero-order chi connectivity index (χ0) is 24.8. The Kier molecular flexibility index (Phi) is 8.25. The lowest BCUT2D eigenvalue weighted by Gasteiger charge is -2.35. The van der Waals surface area contributed by atoms with E-state index in [-0.39, 0.29) is 30.2 Å². The van der Waals surface area contributed by atoms with Gasteiger partial charge < -0.3 is 24.4 Å². The molecule has 35 heavy (non-hydrogen) atoms. The molecule has 2 heterocycles. The van der Waals surface area contributed by atoms with Crippen LogP contribution in [0, 0.1) is 5.92 Å². The standard InChI is InChI=1S/C27H35N3O5/c1-4-19-7-5-6-8-22(19)30-18-21(16-26(30)31)27(32)28-17-23(29-11-13-35-14-12-29)20-9-10-24(33-2)25(15-20)34-3/h5-10,15,21,23H,4,11-14,16-18H2,1-3H3,(H,28,32). The summed E-state index contributed by atoms with van der Waals surface area (Å²) in [5.74, 6) is 0.853. The topological polar surface area (TPSA) is 80.3 Å². The quantitative estimate of drug-likeness (QED) is 0.593. The maximum atomic E-state index is 13.2. The second kappa shape index (κ2) is 11.6. The van der Waals surface area contributed by atoms with Crippen LogP contribution in [0.2, 0.25) is 0 Å². The van der Waals surface area contributed by atoms with Crippen molar-refractivity contribution in [1.82, 2.24) is 10.2 Å². The van der Waals surface area contributed by atoms with E-state index in [1.165, 1.54) is 0 Å². The van der Waals surface area contributed by atoms with Gasteiger partial charge in [-0.2, -0.15) is 0 Å². The molecular formula is C27H35N3O5. The van der Waals surface area contributed by atoms with Gasteiger partial charge in [0.15, 0.2) is 11.5 Å². The number of methoxy groups -OCH3 is 2. The van der Waals surface area contributed by atoms with Crippen LogP contribution in [0.3, 0.4) is 0 Å². The highest BCUT2D eigenvalue weighted by atomic mass is 16.5. The van der Waals surface area contributed by atoms with Crippen LogP contribution in [0.15, 0.2) is 42.5 Å². The molecule has 0 radical (unpaired) electrons. The van der Waals surface area contributed by atoms with Gasteiger partial charge in [-0.1, -0.05) is 31.2 Å². The number of nitrogens with one attached hydrogen (secondary N) is 1. The van der Waals surface area contributed by atoms with Gasteiger partial charge in [-0.15, -0.1) is 0 Å². The number of aryl methyl sites for hydroxylation is 1. The number of rotatable bonds is 9. The normalized spacial score (nSPS) is 19.5. The number of anilines is 1. The van der Waals surface area contributed by atoms with E-state index in [0.29, 0.717) is 37.8 Å². The molecule has 2 fully saturated rings. The zero-order valence-corrected chi connectivity index (χ0v) is 20.8. The van der Waals surface area contributed by atoms with Crippen molar-refractivity contribution in [2.45, 2.75) is 25.8 Å². The Morgan fingerprint density at radius 3 is 2.57 bits per heavy atom. The van der Waals surface area contributed by atoms with Crippen molar-refractivity contribution in [1.29, 1.82) is 0 Å². The van der Waals surface area contributed by atoms with Gasteiger partial charge in [0.25, 0.3) is 0 Å². The first-order chi connectivity index (χ1) is 17.0. The van der Waals surface area contributed by atoms with Crippen molar-refractivity contribution in [2.75, 3.05) is 58.5 Å². The summed E-state index contributed by atoms with van der Waals surface area (Å²) in [7, 11) is 3.23. The Hall–Kier alpha value is -3.10. The molecule has 188 valence electrons. The molecule has 8 heteroatoms. The van der Waals surface area contributed by atoms with Crippen LogP contribution >= 0.6 is 0 Å². The minimum atomic E-state index is -0.372. The van der Waals surface area contributed by atoms with E-state index < -0.39 is 0 Å². The SMILES string of the molecule is CCc1ccccc1N1CC(C(=O)NCC(c2ccc(OC)c(OC)c2)N2CCOCC2)CC1=O. The highest BCUT2D eigenvalue weighted by molar-refractivity contribution is 6.00. The van der Waals surface area contributed by atoms with Crippen LogP contribution in [0.1, 0.15) is 30.5 Å². The van der Waals surface area contributed by atoms with E-state index in [4.69, 9.17) is 14.2 Å². The lowest BCUT2D eigenvalue weighted by Crippen LogP contribution is -2.45. The number of amides is 2. The summed E-state index contributed by atoms with van der Waals surface area (Å²) in [6.45, 7) is 5.77. The number of morpholine rings is 1. The Bertz CT molecular complexity index is 1040. The third kappa shape index (κ3) is 5.60. The predicted molar refractivity (Wildman–Crippen MR) is 134 cm³/mol. The second-order valence-electron chi connectivity index (χ2n) is 8.91. The smallest absolute Gasteiger partial charge is 0.227 e. The van der Waals surface area contributed by atoms with Crippen molar-refractivity contribution in [3.05, 3.63) is 53.6 Å². The number of ether oxygens (including phenoxy) is 3. The van der Waals surface area contributed by atoms with E-state index in [2.05, 4.69) is 17.1 Å². The monoisotopic (exact) mass is 481 g/mol. The van der Waals surface area contributed by atoms with Gasteiger partial charge in [-0.05, 0) is 35.7 Å². The van der Waals surface area contributed by atoms with Crippen molar-refractivity contribution >= 4 is 17.5 Å². The van der Waals surface area contributed by atoms with Crippen molar-refractivity contribution < 1.29 is 23.8 Å². The third-order valence-electron chi connectivity index (χ3n) is 6.91. The van der Waals surface area contributed by atoms with Gasteiger partial charge in [0.1, 0.15) is 0 Å². The Morgan fingerprint density at radius 2 is 1.86 bits per heavy atom. The number of para-hydroxylation sites is 1. The molecule has 8 nitrogen and oxygen atoms in total. The van der Waals surface area contributed by atoms with Gasteiger partial charge >= 0.3 is 0 Å². The molecule has 2 atom stereocenters. The molecule has 2 unspecified atom stereocenters. The lowest BCUT2D eigenvalue weighted by atomic mass is 10.0. The van der Waals surface area contributed by atoms with Crippen molar-refractivity contribution in [3.63, 3.8) is 0 Å². The first-order valence-corrected chi connectivity index (χ1v) is 12.2. The summed E-state index contributed by atoms with van der Waals surface area (Å²) < 4.78 is 16.4. The van der Waals surface area contributed by atoms with Crippen LogP contribution in [-0.2, 0) is 20.7 Å². The Labute approximate surface area is 207 Å². The van der Waals surface area contributed by atoms with Crippen LogP contribution < -0.4 is 19.7 Å². The van der Waals surface area contributed by atoms with Gasteiger partial charge in [0, 0.05) is 38.3 Å². The van der Waals surface area contributed by atoms with Crippen LogP contribution in [-0.4, -0.2) is 70.3 Å². The molecule has 2 aromatic rings. The van der Waals surface area contributed by atoms with E-state index in [9.17, 15) is 9.59 Å². The molecular weight excluding hydrogens is 446 g/mol. The maximum absolute atomic E-state index is 13.2. The fourth-order valence-corrected chi connectivity index (χ4v) is 4.94. The molecule has 2 aliphatic rings. The molecule has 4 rings (SSSR count). The van der Waals surface area contributed by atoms with Gasteiger partial charge in [0.2, 0.25) is 11.8 Å². The van der Waals surface area contributed by atoms with E-state index in [0.717, 1.165) is 36.3 Å². The van der Waals surface area contributed by atoms with Crippen LogP contribution in [0.5, 0.6) is 11.5 Å². The maximum Gasteiger partial charge on any atom is 0.227 e. The highest BCUT2D eigenvalue weighted by Gasteiger charge is 2.36. The molecule has 0 aromatic heterocycles. The molecule has 2 amide bonds. The van der Waals surface area contributed by atoms with Gasteiger partial charge in [-0.25, -0.2) is 0 Å². The average Bonchev–Trinajstić information content (AvgIpc) is 3.30. The summed E-state index contributed by atoms with van der Waals surface area (Å²) in [5, 5.41) is 3.14. The molecule has 2 saturated heterocycles. The number of hydrogen-bond acceptors (Lipinski definition) is 6. The average molecular weight is 482 g/mol. The van der Waals surface area contributed by atoms with Crippen LogP contribution in [0.4, 0.5) is 5.69 Å². The number of carbonyl (C=O) groups is 2. The summed E-state index contributed by atoms with van der Waals surface area (Å²) in [6, 6.07) is 13.7. The molecule has 0 saturated carbocycles. The van der Waals surface area contributed by atoms with E-state index in [1.54, 1.807) is 19.1 Å². The minimum absolute atomic E-state index is 0.00401. The van der Waals surface area contributed by atoms with Gasteiger partial charge in [-0.3, -0.25) is 14.5 Å². The highest BCUT2D eigenvalue weighted by Crippen LogP contribution is 2.33. The van der Waals surface area contributed by atoms with Crippen molar-refractivity contribution in [2.24, 2.45) is 5.92 Å². The number of benzene rings is 2. The van der Waals surface area contributed by atoms with E-state index >= 15 is 0 Å². The Morgan fingerprint density at radius 1 is 1.11 bits per heavy atom. The zero-order valence-electron chi connectivity index (χ0n) is 20.8. The molecule has 0 bridgehead atoms. The molecule has 2 aromatic carbocycles. The summed E-state index contributed by atoms with van der Waals surface area (Å²) in [6.07, 6.45) is 1.06. The molecule has 0 spiro atoms. The molecule has 0 aliphatic carbocycles. The summed E-state index contributed by atoms with van der Waals surface area (Å²) in [5.41, 5.74) is 3.06. The number of carbonyl (C=O) groups excluding carboxylic acids is 2. The summed E-state index contributed by atoms with van der Waals surface area (Å²) >= 11 is 0. The first-order valence-electron chi connectivity index (χ1n) is 12.2. The number of nitrogens with zero attached hydrogens (tertiary/aromatic N) is 2. The molecule has 2 aliphatic heterocycles. The fourth-order valence-electron chi connectivity index (χ4n) is 4.94. The number of hydrogen-bond donors (Lipinski definition) is 1. The van der Waals surface area contributed by atoms with Gasteiger partial charge in [0.05, 0.1) is 39.4 Å². The Balaban J connectivity index is 1.47.